The van der Waals surface area contributed by atoms with Crippen molar-refractivity contribution in [2.75, 3.05) is 7.11 Å². The Kier molecular flexibility index (Phi) is 4.77. The molecule has 3 nitrogen and oxygen atoms in total. The van der Waals surface area contributed by atoms with Crippen molar-refractivity contribution in [3.05, 3.63) is 29.8 Å². The topological polar surface area (TPSA) is 55.5 Å². The highest BCUT2D eigenvalue weighted by atomic mass is 16.5. The number of nitrogens with two attached hydrogens (primary N) is 1. The summed E-state index contributed by atoms with van der Waals surface area (Å²) < 4.78 is 5.11. The first-order chi connectivity index (χ1) is 7.54. The number of ether oxygens (including phenoxy) is 1. The number of hydrogen-bond donors (Lipinski definition) is 2. The molecule has 0 bridgehead atoms. The third-order valence-electron chi connectivity index (χ3n) is 2.58. The van der Waals surface area contributed by atoms with Gasteiger partial charge in [0.05, 0.1) is 13.2 Å². The van der Waals surface area contributed by atoms with Crippen LogP contribution in [0.2, 0.25) is 0 Å². The van der Waals surface area contributed by atoms with E-state index in [1.807, 2.05) is 24.3 Å². The van der Waals surface area contributed by atoms with Crippen molar-refractivity contribution in [3.63, 3.8) is 0 Å². The Morgan fingerprint density at radius 3 is 2.62 bits per heavy atom. The lowest BCUT2D eigenvalue weighted by molar-refractivity contribution is 0.135. The fourth-order valence-corrected chi connectivity index (χ4v) is 1.75. The zero-order valence-electron chi connectivity index (χ0n) is 10.2. The van der Waals surface area contributed by atoms with Gasteiger partial charge in [-0.1, -0.05) is 26.0 Å². The van der Waals surface area contributed by atoms with Crippen LogP contribution in [0.1, 0.15) is 31.9 Å². The van der Waals surface area contributed by atoms with Gasteiger partial charge in [0.25, 0.3) is 0 Å². The Morgan fingerprint density at radius 1 is 1.38 bits per heavy atom. The number of aliphatic hydroxyl groups excluding tert-OH is 1. The second-order valence-electron chi connectivity index (χ2n) is 4.51. The van der Waals surface area contributed by atoms with Crippen LogP contribution < -0.4 is 10.5 Å². The van der Waals surface area contributed by atoms with Gasteiger partial charge in [0.2, 0.25) is 0 Å². The molecule has 0 fully saturated rings. The van der Waals surface area contributed by atoms with E-state index in [0.717, 1.165) is 17.7 Å². The standard InChI is InChI=1S/C13H21NO2/c1-9(2)7-12(14)13(15)10-5-4-6-11(8-10)16-3/h4-6,8-9,12-13,15H,7,14H2,1-3H3. The summed E-state index contributed by atoms with van der Waals surface area (Å²) >= 11 is 0. The van der Waals surface area contributed by atoms with Gasteiger partial charge in [0, 0.05) is 6.04 Å². The molecule has 0 amide bonds. The van der Waals surface area contributed by atoms with Crippen molar-refractivity contribution >= 4 is 0 Å². The van der Waals surface area contributed by atoms with Gasteiger partial charge in [-0.25, -0.2) is 0 Å². The highest BCUT2D eigenvalue weighted by Gasteiger charge is 2.18. The van der Waals surface area contributed by atoms with Gasteiger partial charge in [-0.15, -0.1) is 0 Å². The van der Waals surface area contributed by atoms with Crippen molar-refractivity contribution in [3.8, 4) is 5.75 Å². The van der Waals surface area contributed by atoms with Crippen LogP contribution in [0.5, 0.6) is 5.75 Å². The van der Waals surface area contributed by atoms with E-state index in [1.54, 1.807) is 7.11 Å². The fourth-order valence-electron chi connectivity index (χ4n) is 1.75. The molecule has 0 aliphatic heterocycles. The Balaban J connectivity index is 2.74. The molecule has 90 valence electrons. The summed E-state index contributed by atoms with van der Waals surface area (Å²) in [6.07, 6.45) is 0.177. The number of methoxy groups -OCH3 is 1. The second-order valence-corrected chi connectivity index (χ2v) is 4.51. The highest BCUT2D eigenvalue weighted by Crippen LogP contribution is 2.23. The summed E-state index contributed by atoms with van der Waals surface area (Å²) in [5, 5.41) is 10.1. The van der Waals surface area contributed by atoms with Gasteiger partial charge in [-0.05, 0) is 30.0 Å². The van der Waals surface area contributed by atoms with Gasteiger partial charge in [-0.3, -0.25) is 0 Å². The maximum absolute atomic E-state index is 10.1. The highest BCUT2D eigenvalue weighted by molar-refractivity contribution is 5.30. The van der Waals surface area contributed by atoms with E-state index in [2.05, 4.69) is 13.8 Å². The summed E-state index contributed by atoms with van der Waals surface area (Å²) in [4.78, 5) is 0. The molecule has 0 radical (unpaired) electrons. The van der Waals surface area contributed by atoms with Crippen molar-refractivity contribution in [2.24, 2.45) is 11.7 Å². The summed E-state index contributed by atoms with van der Waals surface area (Å²) in [5.74, 6) is 1.23. The molecular formula is C13H21NO2. The fraction of sp³-hybridized carbons (Fsp3) is 0.538. The van der Waals surface area contributed by atoms with Crippen LogP contribution in [-0.2, 0) is 0 Å². The van der Waals surface area contributed by atoms with Crippen molar-refractivity contribution in [1.82, 2.24) is 0 Å². The number of rotatable bonds is 5. The van der Waals surface area contributed by atoms with Crippen molar-refractivity contribution < 1.29 is 9.84 Å². The van der Waals surface area contributed by atoms with E-state index >= 15 is 0 Å². The van der Waals surface area contributed by atoms with Crippen molar-refractivity contribution in [2.45, 2.75) is 32.4 Å². The lowest BCUT2D eigenvalue weighted by Crippen LogP contribution is -2.29. The molecule has 1 rings (SSSR count). The molecule has 16 heavy (non-hydrogen) atoms. The molecule has 0 saturated carbocycles. The minimum Gasteiger partial charge on any atom is -0.497 e. The molecule has 0 heterocycles. The molecule has 3 N–H and O–H groups in total. The first-order valence-corrected chi connectivity index (χ1v) is 5.62. The molecular weight excluding hydrogens is 202 g/mol. The third-order valence-corrected chi connectivity index (χ3v) is 2.58. The summed E-state index contributed by atoms with van der Waals surface area (Å²) in [5.41, 5.74) is 6.76. The lowest BCUT2D eigenvalue weighted by Gasteiger charge is -2.21. The maximum Gasteiger partial charge on any atom is 0.119 e. The Labute approximate surface area is 97.2 Å². The van der Waals surface area contributed by atoms with E-state index in [9.17, 15) is 5.11 Å². The first-order valence-electron chi connectivity index (χ1n) is 5.62. The van der Waals surface area contributed by atoms with Crippen LogP contribution in [0.15, 0.2) is 24.3 Å². The molecule has 1 aromatic carbocycles. The van der Waals surface area contributed by atoms with Crippen LogP contribution in [0.4, 0.5) is 0 Å². The minimum atomic E-state index is -0.627. The molecule has 0 aliphatic carbocycles. The zero-order valence-corrected chi connectivity index (χ0v) is 10.2. The third kappa shape index (κ3) is 3.51. The Hall–Kier alpha value is -1.06. The molecule has 0 spiro atoms. The van der Waals surface area contributed by atoms with Gasteiger partial charge >= 0.3 is 0 Å². The van der Waals surface area contributed by atoms with Crippen LogP contribution in [0.3, 0.4) is 0 Å². The van der Waals surface area contributed by atoms with E-state index < -0.39 is 6.10 Å². The summed E-state index contributed by atoms with van der Waals surface area (Å²) in [6.45, 7) is 4.19. The maximum atomic E-state index is 10.1. The van der Waals surface area contributed by atoms with E-state index in [1.165, 1.54) is 0 Å². The smallest absolute Gasteiger partial charge is 0.119 e. The number of hydrogen-bond acceptors (Lipinski definition) is 3. The largest absolute Gasteiger partial charge is 0.497 e. The van der Waals surface area contributed by atoms with Crippen LogP contribution in [-0.4, -0.2) is 18.3 Å². The molecule has 1 aromatic rings. The Bertz CT molecular complexity index is 325. The van der Waals surface area contributed by atoms with Crippen LogP contribution in [0, 0.1) is 5.92 Å². The molecule has 0 aromatic heterocycles. The molecule has 3 heteroatoms. The van der Waals surface area contributed by atoms with Crippen LogP contribution >= 0.6 is 0 Å². The predicted octanol–water partition coefficient (Wildman–Crippen LogP) is 2.10. The van der Waals surface area contributed by atoms with Gasteiger partial charge < -0.3 is 15.6 Å². The number of aliphatic hydroxyl groups is 1. The minimum absolute atomic E-state index is 0.230. The quantitative estimate of drug-likeness (QED) is 0.803. The average Bonchev–Trinajstić information content (AvgIpc) is 2.27. The molecule has 2 unspecified atom stereocenters. The SMILES string of the molecule is COc1cccc(C(O)C(N)CC(C)C)c1. The monoisotopic (exact) mass is 223 g/mol. The Morgan fingerprint density at radius 2 is 2.06 bits per heavy atom. The molecule has 0 saturated heterocycles. The summed E-state index contributed by atoms with van der Waals surface area (Å²) in [6, 6.07) is 7.18. The number of benzene rings is 1. The molecule has 0 aliphatic rings. The lowest BCUT2D eigenvalue weighted by atomic mass is 9.95. The zero-order chi connectivity index (χ0) is 12.1. The van der Waals surface area contributed by atoms with Gasteiger partial charge in [-0.2, -0.15) is 0 Å². The van der Waals surface area contributed by atoms with E-state index in [-0.39, 0.29) is 6.04 Å². The van der Waals surface area contributed by atoms with E-state index in [0.29, 0.717) is 5.92 Å². The van der Waals surface area contributed by atoms with Gasteiger partial charge in [0.1, 0.15) is 5.75 Å². The average molecular weight is 223 g/mol. The normalized spacial score (nSPS) is 14.9. The van der Waals surface area contributed by atoms with Crippen LogP contribution in [0.25, 0.3) is 0 Å². The van der Waals surface area contributed by atoms with E-state index in [4.69, 9.17) is 10.5 Å². The predicted molar refractivity (Wildman–Crippen MR) is 65.4 cm³/mol. The first kappa shape index (κ1) is 13.0. The van der Waals surface area contributed by atoms with Crippen molar-refractivity contribution in [1.29, 1.82) is 0 Å². The second kappa shape index (κ2) is 5.87. The molecule has 2 atom stereocenters. The van der Waals surface area contributed by atoms with Gasteiger partial charge in [0.15, 0.2) is 0 Å². The summed E-state index contributed by atoms with van der Waals surface area (Å²) in [7, 11) is 1.61.